The van der Waals surface area contributed by atoms with Crippen molar-refractivity contribution >= 4 is 17.9 Å². The normalized spacial score (nSPS) is 10.8. The molecule has 0 spiro atoms. The minimum atomic E-state index is -1.43. The molecule has 0 fully saturated rings. The lowest BCUT2D eigenvalue weighted by molar-refractivity contribution is 0.0648. The largest absolute Gasteiger partial charge is 0.478 e. The first-order valence-electron chi connectivity index (χ1n) is 8.60. The molecule has 1 rings (SSSR count). The maximum Gasteiger partial charge on any atom is 0.336 e. The number of aromatic carboxylic acids is 3. The first kappa shape index (κ1) is 20.7. The van der Waals surface area contributed by atoms with Crippen LogP contribution in [0, 0.1) is 5.92 Å². The standard InChI is InChI=1S/C19H26O6/c1-12(2)8-6-4-3-5-7-9-13-10-14(17(20)21)11-15(18(22)23)16(13)19(24)25/h10-12H,3-9H2,1-2H3,(H,20,21)(H,22,23)(H,24,25). The Morgan fingerprint density at radius 2 is 1.44 bits per heavy atom. The van der Waals surface area contributed by atoms with Gasteiger partial charge in [-0.25, -0.2) is 14.4 Å². The highest BCUT2D eigenvalue weighted by Crippen LogP contribution is 2.22. The summed E-state index contributed by atoms with van der Waals surface area (Å²) in [5, 5.41) is 27.7. The van der Waals surface area contributed by atoms with Crippen molar-refractivity contribution in [3.8, 4) is 0 Å². The van der Waals surface area contributed by atoms with Gasteiger partial charge in [0.15, 0.2) is 0 Å². The van der Waals surface area contributed by atoms with Crippen LogP contribution >= 0.6 is 0 Å². The lowest BCUT2D eigenvalue weighted by atomic mass is 9.93. The molecule has 6 heteroatoms. The summed E-state index contributed by atoms with van der Waals surface area (Å²) in [5.41, 5.74) is -0.710. The van der Waals surface area contributed by atoms with Crippen molar-refractivity contribution in [2.45, 2.75) is 58.8 Å². The molecule has 0 bridgehead atoms. The molecular formula is C19H26O6. The van der Waals surface area contributed by atoms with Crippen LogP contribution in [-0.4, -0.2) is 33.2 Å². The van der Waals surface area contributed by atoms with Gasteiger partial charge in [0, 0.05) is 0 Å². The van der Waals surface area contributed by atoms with Crippen molar-refractivity contribution in [2.75, 3.05) is 0 Å². The molecule has 0 aromatic heterocycles. The number of carboxylic acid groups (broad SMARTS) is 3. The van der Waals surface area contributed by atoms with Crippen LogP contribution in [0.4, 0.5) is 0 Å². The van der Waals surface area contributed by atoms with E-state index in [0.29, 0.717) is 18.8 Å². The van der Waals surface area contributed by atoms with E-state index in [2.05, 4.69) is 13.8 Å². The van der Waals surface area contributed by atoms with Gasteiger partial charge in [0.2, 0.25) is 0 Å². The van der Waals surface area contributed by atoms with Crippen molar-refractivity contribution in [3.05, 3.63) is 34.4 Å². The Balaban J connectivity index is 2.81. The predicted molar refractivity (Wildman–Crippen MR) is 93.6 cm³/mol. The third kappa shape index (κ3) is 6.57. The number of aryl methyl sites for hydroxylation is 1. The van der Waals surface area contributed by atoms with E-state index in [9.17, 15) is 24.6 Å². The van der Waals surface area contributed by atoms with Crippen molar-refractivity contribution in [2.24, 2.45) is 5.92 Å². The Morgan fingerprint density at radius 1 is 0.840 bits per heavy atom. The Kier molecular flexibility index (Phi) is 8.11. The summed E-state index contributed by atoms with van der Waals surface area (Å²) in [6.07, 6.45) is 6.44. The van der Waals surface area contributed by atoms with Crippen LogP contribution < -0.4 is 0 Å². The minimum absolute atomic E-state index is 0.200. The van der Waals surface area contributed by atoms with E-state index in [-0.39, 0.29) is 16.7 Å². The van der Waals surface area contributed by atoms with Gasteiger partial charge in [-0.3, -0.25) is 0 Å². The molecule has 0 saturated carbocycles. The SMILES string of the molecule is CC(C)CCCCCCCc1cc(C(=O)O)cc(C(=O)O)c1C(=O)O. The van der Waals surface area contributed by atoms with Crippen LogP contribution in [0.1, 0.15) is 89.0 Å². The number of unbranched alkanes of at least 4 members (excludes halogenated alkanes) is 4. The van der Waals surface area contributed by atoms with Gasteiger partial charge in [-0.1, -0.05) is 46.0 Å². The Labute approximate surface area is 147 Å². The second-order valence-corrected chi connectivity index (χ2v) is 6.67. The van der Waals surface area contributed by atoms with Gasteiger partial charge < -0.3 is 15.3 Å². The molecule has 25 heavy (non-hydrogen) atoms. The molecule has 0 atom stereocenters. The molecule has 0 radical (unpaired) electrons. The smallest absolute Gasteiger partial charge is 0.336 e. The Morgan fingerprint density at radius 3 is 1.96 bits per heavy atom. The quantitative estimate of drug-likeness (QED) is 0.512. The number of rotatable bonds is 11. The highest BCUT2D eigenvalue weighted by atomic mass is 16.4. The van der Waals surface area contributed by atoms with Crippen molar-refractivity contribution in [1.82, 2.24) is 0 Å². The Bertz CT molecular complexity index is 633. The first-order valence-corrected chi connectivity index (χ1v) is 8.60. The number of hydrogen-bond donors (Lipinski definition) is 3. The zero-order valence-corrected chi connectivity index (χ0v) is 14.7. The van der Waals surface area contributed by atoms with Gasteiger partial charge in [0.25, 0.3) is 0 Å². The van der Waals surface area contributed by atoms with Crippen molar-refractivity contribution < 1.29 is 29.7 Å². The summed E-state index contributed by atoms with van der Waals surface area (Å²) in [6.45, 7) is 4.37. The fourth-order valence-corrected chi connectivity index (χ4v) is 2.84. The van der Waals surface area contributed by atoms with E-state index in [4.69, 9.17) is 5.11 Å². The van der Waals surface area contributed by atoms with Gasteiger partial charge in [-0.15, -0.1) is 0 Å². The zero-order chi connectivity index (χ0) is 19.0. The van der Waals surface area contributed by atoms with E-state index >= 15 is 0 Å². The van der Waals surface area contributed by atoms with Crippen LogP contribution in [0.25, 0.3) is 0 Å². The molecule has 0 aliphatic carbocycles. The van der Waals surface area contributed by atoms with Crippen LogP contribution in [-0.2, 0) is 6.42 Å². The molecule has 3 N–H and O–H groups in total. The molecule has 0 saturated heterocycles. The maximum atomic E-state index is 11.5. The topological polar surface area (TPSA) is 112 Å². The zero-order valence-electron chi connectivity index (χ0n) is 14.7. The lowest BCUT2D eigenvalue weighted by Crippen LogP contribution is -2.14. The average molecular weight is 350 g/mol. The molecule has 0 aliphatic rings. The molecule has 138 valence electrons. The fourth-order valence-electron chi connectivity index (χ4n) is 2.84. The van der Waals surface area contributed by atoms with Crippen LogP contribution in [0.15, 0.2) is 12.1 Å². The Hall–Kier alpha value is -2.37. The third-order valence-corrected chi connectivity index (χ3v) is 4.14. The first-order chi connectivity index (χ1) is 11.7. The van der Waals surface area contributed by atoms with E-state index in [1.54, 1.807) is 0 Å². The van der Waals surface area contributed by atoms with Crippen molar-refractivity contribution in [3.63, 3.8) is 0 Å². The highest BCUT2D eigenvalue weighted by Gasteiger charge is 2.23. The van der Waals surface area contributed by atoms with Crippen molar-refractivity contribution in [1.29, 1.82) is 0 Å². The van der Waals surface area contributed by atoms with Crippen LogP contribution in [0.2, 0.25) is 0 Å². The molecule has 0 amide bonds. The van der Waals surface area contributed by atoms with Crippen LogP contribution in [0.3, 0.4) is 0 Å². The molecule has 1 aromatic carbocycles. The van der Waals surface area contributed by atoms with E-state index in [1.165, 1.54) is 12.5 Å². The summed E-state index contributed by atoms with van der Waals surface area (Å²) < 4.78 is 0. The number of carbonyl (C=O) groups is 3. The lowest BCUT2D eigenvalue weighted by Gasteiger charge is -2.11. The number of hydrogen-bond acceptors (Lipinski definition) is 3. The van der Waals surface area contributed by atoms with Gasteiger partial charge in [0.1, 0.15) is 0 Å². The predicted octanol–water partition coefficient (Wildman–Crippen LogP) is 4.32. The highest BCUT2D eigenvalue weighted by molar-refractivity contribution is 6.04. The van der Waals surface area contributed by atoms with Gasteiger partial charge in [-0.05, 0) is 36.5 Å². The molecule has 0 aliphatic heterocycles. The van der Waals surface area contributed by atoms with E-state index in [1.807, 2.05) is 0 Å². The van der Waals surface area contributed by atoms with E-state index in [0.717, 1.165) is 31.7 Å². The van der Waals surface area contributed by atoms with Gasteiger partial charge >= 0.3 is 17.9 Å². The molecular weight excluding hydrogens is 324 g/mol. The summed E-state index contributed by atoms with van der Waals surface area (Å²) in [6, 6.07) is 2.18. The maximum absolute atomic E-state index is 11.5. The second-order valence-electron chi connectivity index (χ2n) is 6.67. The average Bonchev–Trinajstić information content (AvgIpc) is 2.52. The molecule has 0 heterocycles. The number of benzene rings is 1. The summed E-state index contributed by atoms with van der Waals surface area (Å²) >= 11 is 0. The fraction of sp³-hybridized carbons (Fsp3) is 0.526. The van der Waals surface area contributed by atoms with E-state index < -0.39 is 23.5 Å². The molecule has 6 nitrogen and oxygen atoms in total. The van der Waals surface area contributed by atoms with Crippen LogP contribution in [0.5, 0.6) is 0 Å². The third-order valence-electron chi connectivity index (χ3n) is 4.14. The second kappa shape index (κ2) is 9.81. The van der Waals surface area contributed by atoms with Gasteiger partial charge in [0.05, 0.1) is 16.7 Å². The minimum Gasteiger partial charge on any atom is -0.478 e. The van der Waals surface area contributed by atoms with Gasteiger partial charge in [-0.2, -0.15) is 0 Å². The summed E-state index contributed by atoms with van der Waals surface area (Å²) in [7, 11) is 0. The summed E-state index contributed by atoms with van der Waals surface area (Å²) in [4.78, 5) is 33.9. The monoisotopic (exact) mass is 350 g/mol. The number of carboxylic acids is 3. The molecule has 1 aromatic rings. The molecule has 0 unspecified atom stereocenters. The summed E-state index contributed by atoms with van der Waals surface area (Å²) in [5.74, 6) is -3.36.